The van der Waals surface area contributed by atoms with Gasteiger partial charge < -0.3 is 9.46 Å². The Hall–Kier alpha value is -2.90. The molecule has 166 valence electrons. The van der Waals surface area contributed by atoms with Crippen molar-refractivity contribution in [3.05, 3.63) is 102 Å². The zero-order valence-corrected chi connectivity index (χ0v) is 18.1. The second-order valence-electron chi connectivity index (χ2n) is 7.44. The molecule has 1 heterocycles. The molecule has 32 heavy (non-hydrogen) atoms. The lowest BCUT2D eigenvalue weighted by atomic mass is 9.90. The number of halogens is 3. The van der Waals surface area contributed by atoms with Gasteiger partial charge in [0.1, 0.15) is 5.75 Å². The highest BCUT2D eigenvalue weighted by Gasteiger charge is 2.31. The highest BCUT2D eigenvalue weighted by molar-refractivity contribution is 7.98. The topological polar surface area (TPSA) is 24.5 Å². The van der Waals surface area contributed by atoms with E-state index >= 15 is 0 Å². The Balaban J connectivity index is 1.47. The van der Waals surface area contributed by atoms with Crippen LogP contribution in [0.4, 0.5) is 18.9 Å². The molecule has 3 aromatic rings. The van der Waals surface area contributed by atoms with Gasteiger partial charge in [-0.2, -0.15) is 0 Å². The number of hydrogen-bond donors (Lipinski definition) is 1. The van der Waals surface area contributed by atoms with Crippen LogP contribution in [0.1, 0.15) is 24.0 Å². The number of piperidine rings is 1. The van der Waals surface area contributed by atoms with Crippen molar-refractivity contribution in [1.29, 1.82) is 0 Å². The first kappa shape index (κ1) is 22.3. The number of alkyl halides is 3. The normalized spacial score (nSPS) is 14.8. The maximum atomic E-state index is 12.3. The van der Waals surface area contributed by atoms with E-state index in [4.69, 9.17) is 0 Å². The molecule has 0 spiro atoms. The molecule has 1 saturated heterocycles. The van der Waals surface area contributed by atoms with E-state index < -0.39 is 6.36 Å². The van der Waals surface area contributed by atoms with E-state index in [0.29, 0.717) is 5.69 Å². The molecule has 4 rings (SSSR count). The SMILES string of the molecule is FC(F)(F)Oc1ccc(NSN2CCCC(=C(c3ccccc3)c3ccccc3)C2)cc1. The first-order valence-electron chi connectivity index (χ1n) is 10.3. The quantitative estimate of drug-likeness (QED) is 0.398. The van der Waals surface area contributed by atoms with Crippen molar-refractivity contribution >= 4 is 23.4 Å². The van der Waals surface area contributed by atoms with E-state index in [-0.39, 0.29) is 5.75 Å². The molecule has 0 saturated carbocycles. The summed E-state index contributed by atoms with van der Waals surface area (Å²) in [4.78, 5) is 0. The molecule has 0 aliphatic carbocycles. The summed E-state index contributed by atoms with van der Waals surface area (Å²) in [5, 5.41) is 0. The summed E-state index contributed by atoms with van der Waals surface area (Å²) in [5.41, 5.74) is 5.76. The molecule has 3 nitrogen and oxygen atoms in total. The third-order valence-corrected chi connectivity index (χ3v) is 6.01. The van der Waals surface area contributed by atoms with Gasteiger partial charge >= 0.3 is 6.36 Å². The molecule has 0 bridgehead atoms. The highest BCUT2D eigenvalue weighted by atomic mass is 32.2. The van der Waals surface area contributed by atoms with E-state index in [2.05, 4.69) is 62.3 Å². The molecule has 0 aromatic heterocycles. The molecule has 0 atom stereocenters. The number of anilines is 1. The number of ether oxygens (including phenoxy) is 1. The first-order chi connectivity index (χ1) is 15.5. The average molecular weight is 457 g/mol. The van der Waals surface area contributed by atoms with Crippen LogP contribution in [0.15, 0.2) is 90.5 Å². The maximum absolute atomic E-state index is 12.3. The third-order valence-electron chi connectivity index (χ3n) is 5.11. The van der Waals surface area contributed by atoms with Crippen molar-refractivity contribution in [3.8, 4) is 5.75 Å². The Morgan fingerprint density at radius 2 is 1.44 bits per heavy atom. The molecular weight excluding hydrogens is 433 g/mol. The molecule has 0 amide bonds. The van der Waals surface area contributed by atoms with E-state index in [9.17, 15) is 13.2 Å². The number of nitrogens with zero attached hydrogens (tertiary/aromatic N) is 1. The van der Waals surface area contributed by atoms with Crippen molar-refractivity contribution in [2.75, 3.05) is 17.8 Å². The molecule has 1 aliphatic heterocycles. The van der Waals surface area contributed by atoms with Gasteiger partial charge in [-0.3, -0.25) is 0 Å². The van der Waals surface area contributed by atoms with Gasteiger partial charge in [0.2, 0.25) is 0 Å². The van der Waals surface area contributed by atoms with Crippen LogP contribution in [0.25, 0.3) is 5.57 Å². The fourth-order valence-corrected chi connectivity index (χ4v) is 4.56. The smallest absolute Gasteiger partial charge is 0.406 e. The molecule has 1 aliphatic rings. The maximum Gasteiger partial charge on any atom is 0.573 e. The zero-order valence-electron chi connectivity index (χ0n) is 17.3. The molecule has 1 fully saturated rings. The fourth-order valence-electron chi connectivity index (χ4n) is 3.75. The van der Waals surface area contributed by atoms with Gasteiger partial charge in [-0.25, -0.2) is 4.31 Å². The summed E-state index contributed by atoms with van der Waals surface area (Å²) >= 11 is 1.47. The summed E-state index contributed by atoms with van der Waals surface area (Å²) < 4.78 is 46.4. The zero-order chi connectivity index (χ0) is 22.4. The van der Waals surface area contributed by atoms with Crippen LogP contribution in [0.5, 0.6) is 5.75 Å². The predicted octanol–water partition coefficient (Wildman–Crippen LogP) is 7.16. The Morgan fingerprint density at radius 1 is 0.844 bits per heavy atom. The van der Waals surface area contributed by atoms with Crippen LogP contribution in [-0.2, 0) is 0 Å². The molecular formula is C25H23F3N2OS. The lowest BCUT2D eigenvalue weighted by molar-refractivity contribution is -0.274. The van der Waals surface area contributed by atoms with Crippen LogP contribution in [0.3, 0.4) is 0 Å². The van der Waals surface area contributed by atoms with Gasteiger partial charge in [0.05, 0.1) is 0 Å². The lowest BCUT2D eigenvalue weighted by Crippen LogP contribution is -2.27. The van der Waals surface area contributed by atoms with Crippen LogP contribution >= 0.6 is 12.1 Å². The molecule has 3 aromatic carbocycles. The number of benzene rings is 3. The van der Waals surface area contributed by atoms with Gasteiger partial charge in [0.15, 0.2) is 0 Å². The minimum Gasteiger partial charge on any atom is -0.406 e. The Bertz CT molecular complexity index is 997. The van der Waals surface area contributed by atoms with Crippen molar-refractivity contribution in [3.63, 3.8) is 0 Å². The minimum atomic E-state index is -4.69. The second-order valence-corrected chi connectivity index (χ2v) is 8.35. The van der Waals surface area contributed by atoms with Gasteiger partial charge in [-0.15, -0.1) is 13.2 Å². The summed E-state index contributed by atoms with van der Waals surface area (Å²) in [6.07, 6.45) is -2.62. The largest absolute Gasteiger partial charge is 0.573 e. The molecule has 0 unspecified atom stereocenters. The van der Waals surface area contributed by atoms with E-state index in [1.165, 1.54) is 46.5 Å². The van der Waals surface area contributed by atoms with Gasteiger partial charge in [-0.1, -0.05) is 60.7 Å². The summed E-state index contributed by atoms with van der Waals surface area (Å²) in [6, 6.07) is 26.6. The molecule has 0 radical (unpaired) electrons. The second kappa shape index (κ2) is 10.1. The van der Waals surface area contributed by atoms with E-state index in [1.807, 2.05) is 12.1 Å². The third kappa shape index (κ3) is 6.08. The Morgan fingerprint density at radius 3 is 2.00 bits per heavy atom. The van der Waals surface area contributed by atoms with Crippen LogP contribution in [0, 0.1) is 0 Å². The first-order valence-corrected chi connectivity index (χ1v) is 11.1. The van der Waals surface area contributed by atoms with Crippen molar-refractivity contribution < 1.29 is 17.9 Å². The van der Waals surface area contributed by atoms with Gasteiger partial charge in [0.25, 0.3) is 0 Å². The van der Waals surface area contributed by atoms with E-state index in [0.717, 1.165) is 25.9 Å². The van der Waals surface area contributed by atoms with Crippen molar-refractivity contribution in [2.45, 2.75) is 19.2 Å². The number of rotatable bonds is 6. The summed E-state index contributed by atoms with van der Waals surface area (Å²) in [5.74, 6) is -0.230. The highest BCUT2D eigenvalue weighted by Crippen LogP contribution is 2.33. The van der Waals surface area contributed by atoms with Crippen LogP contribution in [0.2, 0.25) is 0 Å². The number of hydrogen-bond acceptors (Lipinski definition) is 4. The van der Waals surface area contributed by atoms with E-state index in [1.54, 1.807) is 12.1 Å². The van der Waals surface area contributed by atoms with Gasteiger partial charge in [-0.05, 0) is 59.4 Å². The van der Waals surface area contributed by atoms with Gasteiger partial charge in [0, 0.05) is 30.9 Å². The van der Waals surface area contributed by atoms with Crippen LogP contribution < -0.4 is 9.46 Å². The standard InChI is InChI=1S/C25H23F3N2OS/c26-25(27,28)31-23-15-13-22(14-16-23)29-32-30-17-7-12-21(18-30)24(19-8-3-1-4-9-19)20-10-5-2-6-11-20/h1-6,8-11,13-16,29H,7,12,17-18H2. The van der Waals surface area contributed by atoms with Crippen molar-refractivity contribution in [2.24, 2.45) is 0 Å². The summed E-state index contributed by atoms with van der Waals surface area (Å²) in [6.45, 7) is 1.72. The predicted molar refractivity (Wildman–Crippen MR) is 124 cm³/mol. The van der Waals surface area contributed by atoms with Crippen molar-refractivity contribution in [1.82, 2.24) is 4.31 Å². The Labute approximate surface area is 190 Å². The fraction of sp³-hybridized carbons (Fsp3) is 0.200. The minimum absolute atomic E-state index is 0.230. The van der Waals surface area contributed by atoms with Crippen LogP contribution in [-0.4, -0.2) is 23.8 Å². The Kier molecular flexibility index (Phi) is 7.07. The summed E-state index contributed by atoms with van der Waals surface area (Å²) in [7, 11) is 0. The number of nitrogens with one attached hydrogen (secondary N) is 1. The lowest BCUT2D eigenvalue weighted by Gasteiger charge is -2.29. The molecule has 7 heteroatoms. The average Bonchev–Trinajstić information content (AvgIpc) is 2.80. The monoisotopic (exact) mass is 456 g/mol. The molecule has 1 N–H and O–H groups in total.